The van der Waals surface area contributed by atoms with Crippen LogP contribution >= 0.6 is 0 Å². The summed E-state index contributed by atoms with van der Waals surface area (Å²) in [5, 5.41) is 1.14. The van der Waals surface area contributed by atoms with E-state index in [1.807, 2.05) is 77.2 Å². The number of hydrogen-bond acceptors (Lipinski definition) is 1. The van der Waals surface area contributed by atoms with Crippen molar-refractivity contribution in [2.24, 2.45) is 7.05 Å². The van der Waals surface area contributed by atoms with Crippen molar-refractivity contribution in [3.05, 3.63) is 102 Å². The third-order valence-electron chi connectivity index (χ3n) is 5.25. The van der Waals surface area contributed by atoms with Crippen LogP contribution in [0.1, 0.15) is 27.7 Å². The molecule has 126 valence electrons. The molecule has 1 aliphatic heterocycles. The highest BCUT2D eigenvalue weighted by Gasteiger charge is 2.42. The Morgan fingerprint density at radius 2 is 1.38 bits per heavy atom. The molecule has 3 aromatic carbocycles. The smallest absolute Gasteiger partial charge is 0.276 e. The topological polar surface area (TPSA) is 25.2 Å². The Balaban J connectivity index is 1.83. The van der Waals surface area contributed by atoms with E-state index in [9.17, 15) is 4.79 Å². The zero-order valence-electron chi connectivity index (χ0n) is 14.5. The van der Waals surface area contributed by atoms with Crippen molar-refractivity contribution in [2.75, 3.05) is 4.90 Å². The van der Waals surface area contributed by atoms with Gasteiger partial charge in [0.2, 0.25) is 0 Å². The quantitative estimate of drug-likeness (QED) is 0.509. The van der Waals surface area contributed by atoms with Gasteiger partial charge in [-0.1, -0.05) is 66.7 Å². The number of rotatable bonds is 2. The van der Waals surface area contributed by atoms with Crippen molar-refractivity contribution in [1.29, 1.82) is 0 Å². The van der Waals surface area contributed by atoms with E-state index < -0.39 is 0 Å². The summed E-state index contributed by atoms with van der Waals surface area (Å²) in [6.07, 6.45) is 0. The standard InChI is InChI=1S/C23H18N2O/c1-24-19-15-9-8-14-18(19)20-21(16-10-4-2-5-11-16)25(23(26)22(20)24)17-12-6-3-7-13-17/h2-15,21H,1H3. The average molecular weight is 338 g/mol. The molecule has 0 saturated heterocycles. The third kappa shape index (κ3) is 1.97. The monoisotopic (exact) mass is 338 g/mol. The Kier molecular flexibility index (Phi) is 3.22. The molecule has 0 saturated carbocycles. The summed E-state index contributed by atoms with van der Waals surface area (Å²) in [6.45, 7) is 0. The fourth-order valence-electron chi connectivity index (χ4n) is 4.12. The van der Waals surface area contributed by atoms with Crippen LogP contribution in [0.2, 0.25) is 0 Å². The summed E-state index contributed by atoms with van der Waals surface area (Å²) in [4.78, 5) is 15.4. The molecular formula is C23H18N2O. The number of amides is 1. The highest BCUT2D eigenvalue weighted by atomic mass is 16.2. The predicted octanol–water partition coefficient (Wildman–Crippen LogP) is 4.93. The van der Waals surface area contributed by atoms with Crippen molar-refractivity contribution < 1.29 is 4.79 Å². The van der Waals surface area contributed by atoms with Gasteiger partial charge in [0.05, 0.1) is 6.04 Å². The molecule has 0 N–H and O–H groups in total. The summed E-state index contributed by atoms with van der Waals surface area (Å²) in [5.74, 6) is 0.0544. The predicted molar refractivity (Wildman–Crippen MR) is 104 cm³/mol. The third-order valence-corrected chi connectivity index (χ3v) is 5.25. The molecule has 0 spiro atoms. The number of para-hydroxylation sites is 2. The number of nitrogens with zero attached hydrogens (tertiary/aromatic N) is 2. The molecule has 26 heavy (non-hydrogen) atoms. The molecule has 1 amide bonds. The maximum Gasteiger partial charge on any atom is 0.276 e. The van der Waals surface area contributed by atoms with Crippen LogP contribution in [-0.4, -0.2) is 10.5 Å². The molecule has 0 radical (unpaired) electrons. The molecule has 1 aromatic heterocycles. The number of aromatic nitrogens is 1. The van der Waals surface area contributed by atoms with Gasteiger partial charge in [-0.15, -0.1) is 0 Å². The van der Waals surface area contributed by atoms with Crippen LogP contribution in [0.4, 0.5) is 5.69 Å². The fraction of sp³-hybridized carbons (Fsp3) is 0.0870. The first-order valence-electron chi connectivity index (χ1n) is 8.78. The van der Waals surface area contributed by atoms with E-state index in [0.717, 1.165) is 33.4 Å². The highest BCUT2D eigenvalue weighted by molar-refractivity contribution is 6.15. The van der Waals surface area contributed by atoms with E-state index in [1.54, 1.807) is 0 Å². The summed E-state index contributed by atoms with van der Waals surface area (Å²) < 4.78 is 2.03. The van der Waals surface area contributed by atoms with Gasteiger partial charge in [0, 0.05) is 29.2 Å². The summed E-state index contributed by atoms with van der Waals surface area (Å²) in [6, 6.07) is 28.4. The Morgan fingerprint density at radius 3 is 2.12 bits per heavy atom. The minimum atomic E-state index is -0.118. The molecule has 0 bridgehead atoms. The summed E-state index contributed by atoms with van der Waals surface area (Å²) in [7, 11) is 1.98. The molecule has 1 aliphatic rings. The largest absolute Gasteiger partial charge is 0.339 e. The number of benzene rings is 3. The Labute approximate surface area is 152 Å². The molecule has 5 rings (SSSR count). The number of aryl methyl sites for hydroxylation is 1. The van der Waals surface area contributed by atoms with Crippen LogP contribution in [0.5, 0.6) is 0 Å². The summed E-state index contributed by atoms with van der Waals surface area (Å²) >= 11 is 0. The molecule has 3 heteroatoms. The van der Waals surface area contributed by atoms with E-state index in [2.05, 4.69) is 24.3 Å². The van der Waals surface area contributed by atoms with Crippen LogP contribution in [0.25, 0.3) is 10.9 Å². The van der Waals surface area contributed by atoms with Gasteiger partial charge in [-0.25, -0.2) is 0 Å². The number of fused-ring (bicyclic) bond motifs is 3. The lowest BCUT2D eigenvalue weighted by atomic mass is 9.98. The van der Waals surface area contributed by atoms with Crippen molar-refractivity contribution in [3.63, 3.8) is 0 Å². The molecule has 0 fully saturated rings. The maximum absolute atomic E-state index is 13.5. The molecule has 2 heterocycles. The summed E-state index contributed by atoms with van der Waals surface area (Å²) in [5.41, 5.74) is 5.03. The van der Waals surface area contributed by atoms with Gasteiger partial charge < -0.3 is 4.57 Å². The number of hydrogen-bond donors (Lipinski definition) is 0. The number of carbonyl (C=O) groups is 1. The maximum atomic E-state index is 13.5. The molecule has 0 aliphatic carbocycles. The highest BCUT2D eigenvalue weighted by Crippen LogP contribution is 2.45. The van der Waals surface area contributed by atoms with Gasteiger partial charge in [-0.3, -0.25) is 9.69 Å². The Hall–Kier alpha value is -3.33. The zero-order valence-corrected chi connectivity index (χ0v) is 14.5. The molecule has 1 atom stereocenters. The van der Waals surface area contributed by atoms with Crippen LogP contribution in [0.3, 0.4) is 0 Å². The fourth-order valence-corrected chi connectivity index (χ4v) is 4.12. The SMILES string of the molecule is Cn1c2c(c3ccccc31)C(c1ccccc1)N(c1ccccc1)C2=O. The van der Waals surface area contributed by atoms with Crippen LogP contribution < -0.4 is 4.90 Å². The minimum Gasteiger partial charge on any atom is -0.339 e. The van der Waals surface area contributed by atoms with E-state index >= 15 is 0 Å². The van der Waals surface area contributed by atoms with E-state index in [4.69, 9.17) is 0 Å². The van der Waals surface area contributed by atoms with Crippen LogP contribution in [0, 0.1) is 0 Å². The second-order valence-corrected chi connectivity index (χ2v) is 6.66. The van der Waals surface area contributed by atoms with Crippen molar-refractivity contribution in [1.82, 2.24) is 4.57 Å². The van der Waals surface area contributed by atoms with E-state index in [1.165, 1.54) is 0 Å². The first kappa shape index (κ1) is 15.0. The Morgan fingerprint density at radius 1 is 0.769 bits per heavy atom. The van der Waals surface area contributed by atoms with Gasteiger partial charge in [-0.05, 0) is 23.8 Å². The van der Waals surface area contributed by atoms with Gasteiger partial charge in [0.1, 0.15) is 5.69 Å². The van der Waals surface area contributed by atoms with Crippen LogP contribution in [0.15, 0.2) is 84.9 Å². The van der Waals surface area contributed by atoms with Crippen molar-refractivity contribution in [3.8, 4) is 0 Å². The lowest BCUT2D eigenvalue weighted by Crippen LogP contribution is -2.29. The van der Waals surface area contributed by atoms with Crippen molar-refractivity contribution >= 4 is 22.5 Å². The zero-order chi connectivity index (χ0) is 17.7. The normalized spacial score (nSPS) is 16.3. The Bertz CT molecular complexity index is 1110. The first-order valence-corrected chi connectivity index (χ1v) is 8.78. The van der Waals surface area contributed by atoms with Gasteiger partial charge in [0.25, 0.3) is 5.91 Å². The number of carbonyl (C=O) groups excluding carboxylic acids is 1. The van der Waals surface area contributed by atoms with Crippen molar-refractivity contribution in [2.45, 2.75) is 6.04 Å². The van der Waals surface area contributed by atoms with E-state index in [-0.39, 0.29) is 11.9 Å². The lowest BCUT2D eigenvalue weighted by molar-refractivity contribution is 0.0986. The van der Waals surface area contributed by atoms with Gasteiger partial charge >= 0.3 is 0 Å². The van der Waals surface area contributed by atoms with Gasteiger partial charge in [0.15, 0.2) is 0 Å². The minimum absolute atomic E-state index is 0.0544. The second kappa shape index (κ2) is 5.60. The second-order valence-electron chi connectivity index (χ2n) is 6.66. The number of anilines is 1. The van der Waals surface area contributed by atoms with Gasteiger partial charge in [-0.2, -0.15) is 0 Å². The molecule has 3 nitrogen and oxygen atoms in total. The van der Waals surface area contributed by atoms with Crippen LogP contribution in [-0.2, 0) is 7.05 Å². The lowest BCUT2D eigenvalue weighted by Gasteiger charge is -2.26. The molecule has 1 unspecified atom stereocenters. The first-order chi connectivity index (χ1) is 12.8. The van der Waals surface area contributed by atoms with E-state index in [0.29, 0.717) is 0 Å². The molecule has 4 aromatic rings. The average Bonchev–Trinajstić information content (AvgIpc) is 3.17. The molecular weight excluding hydrogens is 320 g/mol.